The minimum Gasteiger partial charge on any atom is -0.484 e. The average molecular weight is 595 g/mol. The van der Waals surface area contributed by atoms with E-state index in [1.54, 1.807) is 70.4 Å². The Morgan fingerprint density at radius 1 is 1.10 bits per heavy atom. The zero-order chi connectivity index (χ0) is 29.6. The number of anilines is 2. The largest absolute Gasteiger partial charge is 0.484 e. The van der Waals surface area contributed by atoms with Crippen molar-refractivity contribution in [3.05, 3.63) is 72.4 Å². The molecule has 0 aliphatic carbocycles. The molecule has 2 N–H and O–H groups in total. The van der Waals surface area contributed by atoms with Crippen LogP contribution < -0.4 is 20.3 Å². The number of benzene rings is 2. The molecular weight excluding hydrogens is 564 g/mol. The minimum atomic E-state index is -0.696. The number of rotatable bonds is 9. The van der Waals surface area contributed by atoms with E-state index in [9.17, 15) is 19.2 Å². The third-order valence-electron chi connectivity index (χ3n) is 5.61. The molecule has 1 saturated heterocycles. The number of thioether (sulfide) groups is 1. The Kier molecular flexibility index (Phi) is 9.56. The smallest absolute Gasteiger partial charge is 0.414 e. The van der Waals surface area contributed by atoms with E-state index in [-0.39, 0.29) is 17.8 Å². The fourth-order valence-electron chi connectivity index (χ4n) is 3.71. The number of carbonyl (C=O) groups excluding carboxylic acids is 4. The lowest BCUT2D eigenvalue weighted by molar-refractivity contribution is -0.119. The van der Waals surface area contributed by atoms with Gasteiger partial charge >= 0.3 is 6.09 Å². The standard InChI is InChI=1S/C29H30N4O6S2/c1-29(2,3)39-28(37)33(4)22-16-20(40-25-7-5-6-14-30-25)12-13-21(22)31-24(34)17-38-19-10-8-18(9-11-19)15-23-26(35)32-27(36)41-23/h5-14,16,23H,15,17H2,1-4H3,(H,31,34)(H,32,35,36). The Morgan fingerprint density at radius 2 is 1.85 bits per heavy atom. The first-order chi connectivity index (χ1) is 19.5. The summed E-state index contributed by atoms with van der Waals surface area (Å²) in [7, 11) is 1.58. The summed E-state index contributed by atoms with van der Waals surface area (Å²) < 4.78 is 11.2. The van der Waals surface area contributed by atoms with Crippen molar-refractivity contribution < 1.29 is 28.7 Å². The molecule has 0 spiro atoms. The molecule has 0 saturated carbocycles. The number of hydrogen-bond donors (Lipinski definition) is 2. The predicted octanol–water partition coefficient (Wildman–Crippen LogP) is 5.52. The van der Waals surface area contributed by atoms with Crippen molar-refractivity contribution >= 4 is 58.0 Å². The third kappa shape index (κ3) is 8.73. The normalized spacial score (nSPS) is 14.8. The number of imide groups is 1. The summed E-state index contributed by atoms with van der Waals surface area (Å²) in [5.74, 6) is -0.246. The number of carbonyl (C=O) groups is 4. The highest BCUT2D eigenvalue weighted by atomic mass is 32.2. The second-order valence-electron chi connectivity index (χ2n) is 10.1. The monoisotopic (exact) mass is 594 g/mol. The van der Waals surface area contributed by atoms with Crippen molar-refractivity contribution in [1.82, 2.24) is 10.3 Å². The van der Waals surface area contributed by atoms with Crippen LogP contribution in [0.1, 0.15) is 26.3 Å². The molecule has 4 rings (SSSR count). The van der Waals surface area contributed by atoms with Crippen LogP contribution >= 0.6 is 23.5 Å². The number of aromatic nitrogens is 1. The Morgan fingerprint density at radius 3 is 2.49 bits per heavy atom. The first kappa shape index (κ1) is 29.9. The van der Waals surface area contributed by atoms with Crippen LogP contribution in [0.25, 0.3) is 0 Å². The maximum Gasteiger partial charge on any atom is 0.414 e. The number of pyridine rings is 1. The predicted molar refractivity (Wildman–Crippen MR) is 159 cm³/mol. The van der Waals surface area contributed by atoms with Gasteiger partial charge in [-0.15, -0.1) is 0 Å². The molecule has 2 aromatic carbocycles. The summed E-state index contributed by atoms with van der Waals surface area (Å²) in [5.41, 5.74) is 1.03. The van der Waals surface area contributed by atoms with Crippen LogP contribution in [-0.4, -0.2) is 52.6 Å². The molecule has 1 aliphatic heterocycles. The molecule has 0 bridgehead atoms. The summed E-state index contributed by atoms with van der Waals surface area (Å²) in [5, 5.41) is 5.09. The summed E-state index contributed by atoms with van der Waals surface area (Å²) >= 11 is 2.40. The van der Waals surface area contributed by atoms with Crippen LogP contribution in [-0.2, 0) is 20.7 Å². The maximum absolute atomic E-state index is 12.9. The summed E-state index contributed by atoms with van der Waals surface area (Å²) in [6.45, 7) is 5.08. The van der Waals surface area contributed by atoms with Crippen molar-refractivity contribution in [2.75, 3.05) is 23.9 Å². The molecule has 1 fully saturated rings. The van der Waals surface area contributed by atoms with E-state index in [0.29, 0.717) is 23.5 Å². The van der Waals surface area contributed by atoms with Gasteiger partial charge in [0.2, 0.25) is 5.91 Å². The van der Waals surface area contributed by atoms with Gasteiger partial charge in [-0.1, -0.05) is 41.7 Å². The second-order valence-corrected chi connectivity index (χ2v) is 12.3. The summed E-state index contributed by atoms with van der Waals surface area (Å²) in [4.78, 5) is 55.4. The van der Waals surface area contributed by atoms with E-state index in [0.717, 1.165) is 27.2 Å². The molecule has 10 nitrogen and oxygen atoms in total. The molecule has 41 heavy (non-hydrogen) atoms. The Hall–Kier alpha value is -4.03. The van der Waals surface area contributed by atoms with Crippen LogP contribution in [0.2, 0.25) is 0 Å². The molecule has 12 heteroatoms. The van der Waals surface area contributed by atoms with Gasteiger partial charge in [0.1, 0.15) is 16.4 Å². The van der Waals surface area contributed by atoms with Gasteiger partial charge in [-0.25, -0.2) is 9.78 Å². The number of nitrogens with zero attached hydrogens (tertiary/aromatic N) is 2. The van der Waals surface area contributed by atoms with E-state index in [2.05, 4.69) is 15.6 Å². The molecule has 1 atom stereocenters. The van der Waals surface area contributed by atoms with Crippen molar-refractivity contribution in [3.8, 4) is 5.75 Å². The maximum atomic E-state index is 12.9. The molecule has 3 aromatic rings. The molecule has 4 amide bonds. The van der Waals surface area contributed by atoms with E-state index in [1.165, 1.54) is 16.7 Å². The zero-order valence-electron chi connectivity index (χ0n) is 23.0. The van der Waals surface area contributed by atoms with Crippen LogP contribution in [0, 0.1) is 0 Å². The number of nitrogens with one attached hydrogen (secondary N) is 2. The lowest BCUT2D eigenvalue weighted by Gasteiger charge is -2.26. The SMILES string of the molecule is CN(C(=O)OC(C)(C)C)c1cc(Sc2ccccn2)ccc1NC(=O)COc1ccc(CC2SC(=O)NC2=O)cc1. The zero-order valence-corrected chi connectivity index (χ0v) is 24.6. The minimum absolute atomic E-state index is 0.269. The Labute approximate surface area is 246 Å². The topological polar surface area (TPSA) is 127 Å². The van der Waals surface area contributed by atoms with Crippen LogP contribution in [0.5, 0.6) is 5.75 Å². The second kappa shape index (κ2) is 13.1. The van der Waals surface area contributed by atoms with Crippen molar-refractivity contribution in [2.24, 2.45) is 0 Å². The first-order valence-electron chi connectivity index (χ1n) is 12.7. The fraction of sp³-hybridized carbons (Fsp3) is 0.276. The summed E-state index contributed by atoms with van der Waals surface area (Å²) in [6, 6.07) is 17.9. The van der Waals surface area contributed by atoms with E-state index in [4.69, 9.17) is 9.47 Å². The quantitative estimate of drug-likeness (QED) is 0.329. The molecule has 1 aliphatic rings. The van der Waals surface area contributed by atoms with E-state index >= 15 is 0 Å². The Balaban J connectivity index is 1.42. The van der Waals surface area contributed by atoms with Crippen molar-refractivity contribution in [2.45, 2.75) is 48.0 Å². The van der Waals surface area contributed by atoms with Gasteiger partial charge in [-0.2, -0.15) is 0 Å². The highest BCUT2D eigenvalue weighted by molar-refractivity contribution is 8.15. The number of hydrogen-bond acceptors (Lipinski definition) is 9. The molecule has 2 heterocycles. The third-order valence-corrected chi connectivity index (χ3v) is 7.54. The highest BCUT2D eigenvalue weighted by Gasteiger charge is 2.31. The van der Waals surface area contributed by atoms with Crippen LogP contribution in [0.4, 0.5) is 21.0 Å². The fourth-order valence-corrected chi connectivity index (χ4v) is 5.38. The molecule has 214 valence electrons. The highest BCUT2D eigenvalue weighted by Crippen LogP contribution is 2.34. The first-order valence-corrected chi connectivity index (χ1v) is 14.4. The van der Waals surface area contributed by atoms with E-state index in [1.807, 2.05) is 24.3 Å². The molecule has 1 unspecified atom stereocenters. The van der Waals surface area contributed by atoms with Gasteiger partial charge in [-0.05, 0) is 75.2 Å². The van der Waals surface area contributed by atoms with Crippen molar-refractivity contribution in [1.29, 1.82) is 0 Å². The van der Waals surface area contributed by atoms with Gasteiger partial charge < -0.3 is 14.8 Å². The Bertz CT molecular complexity index is 1430. The van der Waals surface area contributed by atoms with Crippen LogP contribution in [0.3, 0.4) is 0 Å². The molecular formula is C29H30N4O6S2. The lowest BCUT2D eigenvalue weighted by Crippen LogP contribution is -2.34. The van der Waals surface area contributed by atoms with Gasteiger partial charge in [-0.3, -0.25) is 24.6 Å². The van der Waals surface area contributed by atoms with Gasteiger partial charge in [0.05, 0.1) is 16.6 Å². The van der Waals surface area contributed by atoms with E-state index < -0.39 is 22.9 Å². The number of ether oxygens (including phenoxy) is 2. The van der Waals surface area contributed by atoms with Gasteiger partial charge in [0.15, 0.2) is 6.61 Å². The average Bonchev–Trinajstić information content (AvgIpc) is 3.24. The summed E-state index contributed by atoms with van der Waals surface area (Å²) in [6.07, 6.45) is 1.54. The molecule has 0 radical (unpaired) electrons. The van der Waals surface area contributed by atoms with Gasteiger partial charge in [0, 0.05) is 18.1 Å². The van der Waals surface area contributed by atoms with Crippen LogP contribution in [0.15, 0.2) is 76.8 Å². The molecule has 1 aromatic heterocycles. The number of amides is 4. The van der Waals surface area contributed by atoms with Gasteiger partial charge in [0.25, 0.3) is 11.1 Å². The van der Waals surface area contributed by atoms with Crippen molar-refractivity contribution in [3.63, 3.8) is 0 Å². The lowest BCUT2D eigenvalue weighted by atomic mass is 10.1.